The van der Waals surface area contributed by atoms with Crippen LogP contribution in [-0.4, -0.2) is 47.7 Å². The average molecular weight is 198 g/mol. The zero-order chi connectivity index (χ0) is 9.97. The first kappa shape index (κ1) is 9.93. The zero-order valence-corrected chi connectivity index (χ0v) is 8.41. The lowest BCUT2D eigenvalue weighted by atomic mass is 10.2. The highest BCUT2D eigenvalue weighted by Crippen LogP contribution is 2.19. The molecule has 80 valence electrons. The van der Waals surface area contributed by atoms with Crippen LogP contribution >= 0.6 is 0 Å². The number of hydrogen-bond acceptors (Lipinski definition) is 3. The summed E-state index contributed by atoms with van der Waals surface area (Å²) < 4.78 is 0. The zero-order valence-electron chi connectivity index (χ0n) is 8.41. The summed E-state index contributed by atoms with van der Waals surface area (Å²) in [6.07, 6.45) is 4.39. The van der Waals surface area contributed by atoms with Crippen molar-refractivity contribution in [2.75, 3.05) is 19.7 Å². The van der Waals surface area contributed by atoms with E-state index in [0.717, 1.165) is 32.2 Å². The maximum absolute atomic E-state index is 11.5. The summed E-state index contributed by atoms with van der Waals surface area (Å²) in [6, 6.07) is 0.651. The van der Waals surface area contributed by atoms with E-state index in [-0.39, 0.29) is 18.6 Å². The molecule has 1 amide bonds. The fourth-order valence-corrected chi connectivity index (χ4v) is 2.00. The van der Waals surface area contributed by atoms with Gasteiger partial charge >= 0.3 is 0 Å². The number of nitrogens with one attached hydrogen (secondary N) is 1. The van der Waals surface area contributed by atoms with Crippen LogP contribution in [0.15, 0.2) is 0 Å². The number of hydrogen-bond donors (Lipinski definition) is 2. The van der Waals surface area contributed by atoms with Gasteiger partial charge in [-0.1, -0.05) is 0 Å². The van der Waals surface area contributed by atoms with Crippen LogP contribution in [0.4, 0.5) is 0 Å². The van der Waals surface area contributed by atoms with Gasteiger partial charge in [-0.3, -0.25) is 9.69 Å². The van der Waals surface area contributed by atoms with Gasteiger partial charge in [0.1, 0.15) is 0 Å². The van der Waals surface area contributed by atoms with E-state index >= 15 is 0 Å². The van der Waals surface area contributed by atoms with Crippen molar-refractivity contribution in [2.24, 2.45) is 0 Å². The first-order valence-corrected chi connectivity index (χ1v) is 5.44. The molecule has 1 saturated heterocycles. The summed E-state index contributed by atoms with van der Waals surface area (Å²) in [7, 11) is 0. The van der Waals surface area contributed by atoms with Crippen LogP contribution < -0.4 is 5.32 Å². The maximum Gasteiger partial charge on any atom is 0.234 e. The van der Waals surface area contributed by atoms with E-state index in [1.165, 1.54) is 0 Å². The second-order valence-electron chi connectivity index (χ2n) is 4.29. The third-order valence-corrected chi connectivity index (χ3v) is 3.00. The van der Waals surface area contributed by atoms with E-state index in [1.807, 2.05) is 0 Å². The second-order valence-corrected chi connectivity index (χ2v) is 4.29. The van der Waals surface area contributed by atoms with Crippen molar-refractivity contribution in [3.05, 3.63) is 0 Å². The largest absolute Gasteiger partial charge is 0.395 e. The summed E-state index contributed by atoms with van der Waals surface area (Å²) in [6.45, 7) is 1.59. The molecule has 1 saturated carbocycles. The molecule has 0 radical (unpaired) electrons. The van der Waals surface area contributed by atoms with E-state index in [4.69, 9.17) is 5.11 Å². The van der Waals surface area contributed by atoms with Crippen molar-refractivity contribution in [2.45, 2.75) is 37.8 Å². The van der Waals surface area contributed by atoms with Gasteiger partial charge in [-0.15, -0.1) is 0 Å². The Morgan fingerprint density at radius 1 is 1.43 bits per heavy atom. The second kappa shape index (κ2) is 4.28. The third kappa shape index (κ3) is 2.45. The first-order chi connectivity index (χ1) is 6.79. The monoisotopic (exact) mass is 198 g/mol. The molecule has 0 spiro atoms. The molecule has 1 aliphatic carbocycles. The topological polar surface area (TPSA) is 52.6 Å². The molecule has 2 rings (SSSR count). The average Bonchev–Trinajstić information content (AvgIpc) is 2.84. The minimum Gasteiger partial charge on any atom is -0.395 e. The number of likely N-dealkylation sites (tertiary alicyclic amines) is 1. The van der Waals surface area contributed by atoms with Gasteiger partial charge in [0.25, 0.3) is 0 Å². The van der Waals surface area contributed by atoms with Gasteiger partial charge < -0.3 is 10.4 Å². The molecule has 0 aromatic heterocycles. The Kier molecular flexibility index (Phi) is 3.03. The molecular weight excluding hydrogens is 180 g/mol. The minimum atomic E-state index is 0.118. The Hall–Kier alpha value is -0.610. The standard InChI is InChI=1S/C10H18N2O2/c13-7-9-2-1-5-12(9)6-10(14)11-8-3-4-8/h8-9,13H,1-7H2,(H,11,14)/t9-/m1/s1. The van der Waals surface area contributed by atoms with Gasteiger partial charge in [0, 0.05) is 12.1 Å². The molecular formula is C10H18N2O2. The Labute approximate surface area is 84.3 Å². The van der Waals surface area contributed by atoms with Gasteiger partial charge in [0.05, 0.1) is 13.2 Å². The summed E-state index contributed by atoms with van der Waals surface area (Å²) >= 11 is 0. The molecule has 1 heterocycles. The molecule has 2 aliphatic rings. The molecule has 0 unspecified atom stereocenters. The van der Waals surface area contributed by atoms with Crippen LogP contribution in [0.5, 0.6) is 0 Å². The smallest absolute Gasteiger partial charge is 0.234 e. The molecule has 4 nitrogen and oxygen atoms in total. The van der Waals surface area contributed by atoms with Crippen molar-refractivity contribution in [3.8, 4) is 0 Å². The SMILES string of the molecule is O=C(CN1CCC[C@@H]1CO)NC1CC1. The van der Waals surface area contributed by atoms with E-state index < -0.39 is 0 Å². The molecule has 1 aliphatic heterocycles. The van der Waals surface area contributed by atoms with Gasteiger partial charge in [-0.25, -0.2) is 0 Å². The molecule has 0 bridgehead atoms. The highest BCUT2D eigenvalue weighted by Gasteiger charge is 2.28. The molecule has 4 heteroatoms. The lowest BCUT2D eigenvalue weighted by Gasteiger charge is -2.21. The number of aliphatic hydroxyl groups is 1. The van der Waals surface area contributed by atoms with Crippen LogP contribution in [-0.2, 0) is 4.79 Å². The lowest BCUT2D eigenvalue weighted by Crippen LogP contribution is -2.41. The first-order valence-electron chi connectivity index (χ1n) is 5.44. The van der Waals surface area contributed by atoms with E-state index in [0.29, 0.717) is 12.6 Å². The van der Waals surface area contributed by atoms with Gasteiger partial charge in [-0.2, -0.15) is 0 Å². The highest BCUT2D eigenvalue weighted by molar-refractivity contribution is 5.78. The normalized spacial score (nSPS) is 27.9. The summed E-state index contributed by atoms with van der Waals surface area (Å²) in [4.78, 5) is 13.6. The number of carbonyl (C=O) groups excluding carboxylic acids is 1. The Morgan fingerprint density at radius 3 is 2.86 bits per heavy atom. The van der Waals surface area contributed by atoms with E-state index in [1.54, 1.807) is 0 Å². The van der Waals surface area contributed by atoms with Crippen LogP contribution in [0.2, 0.25) is 0 Å². The summed E-state index contributed by atoms with van der Waals surface area (Å²) in [5.41, 5.74) is 0. The number of aliphatic hydroxyl groups excluding tert-OH is 1. The van der Waals surface area contributed by atoms with Crippen LogP contribution in [0, 0.1) is 0 Å². The van der Waals surface area contributed by atoms with E-state index in [9.17, 15) is 4.79 Å². The van der Waals surface area contributed by atoms with Crippen molar-refractivity contribution in [1.82, 2.24) is 10.2 Å². The predicted molar refractivity (Wildman–Crippen MR) is 52.8 cm³/mol. The van der Waals surface area contributed by atoms with Crippen molar-refractivity contribution in [1.29, 1.82) is 0 Å². The number of rotatable bonds is 4. The minimum absolute atomic E-state index is 0.118. The fraction of sp³-hybridized carbons (Fsp3) is 0.900. The summed E-state index contributed by atoms with van der Waals surface area (Å²) in [5, 5.41) is 12.0. The van der Waals surface area contributed by atoms with Crippen LogP contribution in [0.1, 0.15) is 25.7 Å². The fourth-order valence-electron chi connectivity index (χ4n) is 2.00. The molecule has 0 aromatic rings. The van der Waals surface area contributed by atoms with E-state index in [2.05, 4.69) is 10.2 Å². The quantitative estimate of drug-likeness (QED) is 0.653. The summed E-state index contributed by atoms with van der Waals surface area (Å²) in [5.74, 6) is 0.118. The Bertz CT molecular complexity index is 216. The molecule has 2 fully saturated rings. The molecule has 1 atom stereocenters. The predicted octanol–water partition coefficient (Wildman–Crippen LogP) is -0.278. The van der Waals surface area contributed by atoms with Crippen molar-refractivity contribution in [3.63, 3.8) is 0 Å². The van der Waals surface area contributed by atoms with Gasteiger partial charge in [0.2, 0.25) is 5.91 Å². The molecule has 0 aromatic carbocycles. The van der Waals surface area contributed by atoms with Gasteiger partial charge in [0.15, 0.2) is 0 Å². The molecule has 14 heavy (non-hydrogen) atoms. The van der Waals surface area contributed by atoms with Crippen molar-refractivity contribution < 1.29 is 9.90 Å². The number of carbonyl (C=O) groups is 1. The third-order valence-electron chi connectivity index (χ3n) is 3.00. The Balaban J connectivity index is 1.74. The highest BCUT2D eigenvalue weighted by atomic mass is 16.3. The number of amides is 1. The van der Waals surface area contributed by atoms with Gasteiger partial charge in [-0.05, 0) is 32.2 Å². The lowest BCUT2D eigenvalue weighted by molar-refractivity contribution is -0.122. The Morgan fingerprint density at radius 2 is 2.21 bits per heavy atom. The molecule has 2 N–H and O–H groups in total. The van der Waals surface area contributed by atoms with Crippen molar-refractivity contribution >= 4 is 5.91 Å². The number of nitrogens with zero attached hydrogens (tertiary/aromatic N) is 1. The van der Waals surface area contributed by atoms with Crippen LogP contribution in [0.25, 0.3) is 0 Å². The maximum atomic E-state index is 11.5. The van der Waals surface area contributed by atoms with Crippen LogP contribution in [0.3, 0.4) is 0 Å².